The van der Waals surface area contributed by atoms with Crippen LogP contribution in [0.5, 0.6) is 0 Å². The Morgan fingerprint density at radius 2 is 1.96 bits per heavy atom. The van der Waals surface area contributed by atoms with Crippen LogP contribution in [0.15, 0.2) is 30.3 Å². The van der Waals surface area contributed by atoms with Crippen LogP contribution in [-0.4, -0.2) is 34.5 Å². The van der Waals surface area contributed by atoms with E-state index in [1.54, 1.807) is 30.3 Å². The van der Waals surface area contributed by atoms with Gasteiger partial charge in [0.25, 0.3) is 0 Å². The van der Waals surface area contributed by atoms with Crippen molar-refractivity contribution >= 4 is 18.0 Å². The van der Waals surface area contributed by atoms with Crippen LogP contribution in [0.3, 0.4) is 0 Å². The fraction of sp³-hybridized carbons (Fsp3) is 0.591. The van der Waals surface area contributed by atoms with Gasteiger partial charge in [0.2, 0.25) is 5.91 Å². The van der Waals surface area contributed by atoms with Crippen LogP contribution in [0.1, 0.15) is 79.6 Å². The predicted octanol–water partition coefficient (Wildman–Crippen LogP) is 4.49. The molecule has 6 heteroatoms. The minimum atomic E-state index is -4.07. The zero-order chi connectivity index (χ0) is 29.7. The van der Waals surface area contributed by atoms with Gasteiger partial charge in [-0.05, 0) is 45.5 Å². The highest BCUT2D eigenvalue weighted by Gasteiger charge is 2.45. The van der Waals surface area contributed by atoms with Crippen molar-refractivity contribution in [3.8, 4) is 0 Å². The maximum Gasteiger partial charge on any atom is 0.417 e. The lowest BCUT2D eigenvalue weighted by Crippen LogP contribution is -2.43. The first-order chi connectivity index (χ1) is 16.9. The summed E-state index contributed by atoms with van der Waals surface area (Å²) in [6, 6.07) is 6.98. The summed E-state index contributed by atoms with van der Waals surface area (Å²) in [5, 5.41) is 0. The smallest absolute Gasteiger partial charge is 0.417 e. The lowest BCUT2D eigenvalue weighted by Gasteiger charge is -2.26. The van der Waals surface area contributed by atoms with Crippen molar-refractivity contribution in [2.24, 2.45) is 11.8 Å². The number of hydrogen-bond donors (Lipinski definition) is 0. The number of cyclic esters (lactones) is 1. The summed E-state index contributed by atoms with van der Waals surface area (Å²) in [5.74, 6) is -10.8. The monoisotopic (exact) mass is 399 g/mol. The van der Waals surface area contributed by atoms with Gasteiger partial charge in [0.1, 0.15) is 11.7 Å². The third-order valence-electron chi connectivity index (χ3n) is 3.89. The highest BCUT2D eigenvalue weighted by Crippen LogP contribution is 2.34. The lowest BCUT2D eigenvalue weighted by molar-refractivity contribution is -0.158. The lowest BCUT2D eigenvalue weighted by atomic mass is 9.92. The molecule has 0 spiro atoms. The van der Waals surface area contributed by atoms with Crippen molar-refractivity contribution in [2.45, 2.75) is 71.9 Å². The maximum atomic E-state index is 13.9. The molecule has 1 aromatic carbocycles. The Morgan fingerprint density at radius 3 is 2.54 bits per heavy atom. The zero-order valence-corrected chi connectivity index (χ0v) is 16.2. The van der Waals surface area contributed by atoms with Gasteiger partial charge >= 0.3 is 12.1 Å². The summed E-state index contributed by atoms with van der Waals surface area (Å²) in [7, 11) is 0. The maximum absolute atomic E-state index is 13.9. The van der Waals surface area contributed by atoms with Gasteiger partial charge in [0.15, 0.2) is 0 Å². The van der Waals surface area contributed by atoms with E-state index in [0.717, 1.165) is 0 Å². The molecule has 1 fully saturated rings. The van der Waals surface area contributed by atoms with E-state index in [2.05, 4.69) is 0 Å². The molecular weight excluding hydrogens is 358 g/mol. The summed E-state index contributed by atoms with van der Waals surface area (Å²) in [4.78, 5) is 39.8. The normalized spacial score (nSPS) is 29.0. The Bertz CT molecular complexity index is 1050. The quantitative estimate of drug-likeness (QED) is 0.659. The molecule has 0 aliphatic carbocycles. The number of carbonyl (C=O) groups excluding carboxylic acids is 3. The molecule has 154 valence electrons. The number of benzene rings is 1. The van der Waals surface area contributed by atoms with E-state index in [9.17, 15) is 14.4 Å². The summed E-state index contributed by atoms with van der Waals surface area (Å²) >= 11 is 0. The topological polar surface area (TPSA) is 72.9 Å². The van der Waals surface area contributed by atoms with Gasteiger partial charge in [0.05, 0.1) is 12.5 Å². The van der Waals surface area contributed by atoms with Gasteiger partial charge in [-0.15, -0.1) is 0 Å². The molecule has 0 aromatic heterocycles. The van der Waals surface area contributed by atoms with Gasteiger partial charge < -0.3 is 9.47 Å². The van der Waals surface area contributed by atoms with Crippen LogP contribution in [0.25, 0.3) is 0 Å². The third kappa shape index (κ3) is 5.57. The van der Waals surface area contributed by atoms with Gasteiger partial charge in [-0.1, -0.05) is 44.0 Å². The average molecular weight is 400 g/mol. The second kappa shape index (κ2) is 8.76. The molecule has 1 aliphatic heterocycles. The van der Waals surface area contributed by atoms with Gasteiger partial charge in [-0.25, -0.2) is 9.69 Å². The fourth-order valence-electron chi connectivity index (χ4n) is 2.81. The van der Waals surface area contributed by atoms with E-state index in [-0.39, 0.29) is 0 Å². The molecule has 0 N–H and O–H groups in total. The summed E-state index contributed by atoms with van der Waals surface area (Å²) in [5.41, 5.74) is -0.729. The third-order valence-corrected chi connectivity index (χ3v) is 3.89. The van der Waals surface area contributed by atoms with E-state index in [4.69, 9.17) is 23.2 Å². The number of rotatable bonds is 6. The Morgan fingerprint density at radius 1 is 1.32 bits per heavy atom. The first-order valence-corrected chi connectivity index (χ1v) is 8.73. The molecule has 3 atom stereocenters. The molecule has 2 rings (SSSR count). The van der Waals surface area contributed by atoms with Gasteiger partial charge in [-0.2, -0.15) is 0 Å². The zero-order valence-electron chi connectivity index (χ0n) is 26.2. The SMILES string of the molecule is [2H]C([2H])([2H])C([2H])(C([2H])([2H])[2H])C([2H])([2H])[C@]([2H])(CC(=O)OC(C)(C)C)C(=O)N1C(=O)O[C@@H](c2ccccc2)[C@H]1C. The first-order valence-electron chi connectivity index (χ1n) is 13.7. The van der Waals surface area contributed by atoms with E-state index >= 15 is 0 Å². The van der Waals surface area contributed by atoms with Crippen LogP contribution in [0.4, 0.5) is 4.79 Å². The molecule has 1 saturated heterocycles. The average Bonchev–Trinajstić information content (AvgIpc) is 3.03. The molecule has 0 unspecified atom stereocenters. The number of esters is 1. The molecule has 1 aromatic rings. The van der Waals surface area contributed by atoms with Crippen molar-refractivity contribution in [1.82, 2.24) is 4.90 Å². The van der Waals surface area contributed by atoms with Crippen LogP contribution < -0.4 is 0 Å². The van der Waals surface area contributed by atoms with Gasteiger partial charge in [0, 0.05) is 19.6 Å². The molecule has 0 radical (unpaired) electrons. The largest absolute Gasteiger partial charge is 0.460 e. The molecule has 0 saturated carbocycles. The molecule has 1 aliphatic rings. The molecule has 2 amide bonds. The van der Waals surface area contributed by atoms with Crippen molar-refractivity contribution in [2.75, 3.05) is 0 Å². The minimum absolute atomic E-state index is 0.353. The van der Waals surface area contributed by atoms with Crippen LogP contribution >= 0.6 is 0 Å². The fourth-order valence-corrected chi connectivity index (χ4v) is 2.81. The van der Waals surface area contributed by atoms with E-state index in [1.807, 2.05) is 0 Å². The summed E-state index contributed by atoms with van der Waals surface area (Å²) < 4.78 is 91.1. The Labute approximate surface area is 181 Å². The highest BCUT2D eigenvalue weighted by atomic mass is 16.6. The van der Waals surface area contributed by atoms with E-state index in [0.29, 0.717) is 10.5 Å². The standard InChI is InChI=1S/C22H31NO5/c1-14(2)12-17(13-18(24)28-22(4,5)6)20(25)23-15(3)19(27-21(23)26)16-10-8-7-9-11-16/h7-11,14-15,17,19H,12-13H2,1-6H3/t15-,17-,19-/m1/s1/i1D3,2D3,12D2,14D,17D. The number of amides is 2. The highest BCUT2D eigenvalue weighted by molar-refractivity contribution is 5.96. The van der Waals surface area contributed by atoms with Crippen molar-refractivity contribution in [3.63, 3.8) is 0 Å². The van der Waals surface area contributed by atoms with E-state index in [1.165, 1.54) is 27.7 Å². The number of ether oxygens (including phenoxy) is 2. The van der Waals surface area contributed by atoms with Crippen molar-refractivity contribution in [1.29, 1.82) is 0 Å². The van der Waals surface area contributed by atoms with Crippen molar-refractivity contribution < 1.29 is 37.6 Å². The predicted molar refractivity (Wildman–Crippen MR) is 105 cm³/mol. The Hall–Kier alpha value is -2.37. The van der Waals surface area contributed by atoms with Gasteiger partial charge in [-0.3, -0.25) is 9.59 Å². The molecule has 0 bridgehead atoms. The number of imide groups is 1. The second-order valence-electron chi connectivity index (χ2n) is 7.37. The summed E-state index contributed by atoms with van der Waals surface area (Å²) in [6.45, 7) is -2.12. The molecule has 28 heavy (non-hydrogen) atoms. The van der Waals surface area contributed by atoms with Crippen molar-refractivity contribution in [3.05, 3.63) is 35.9 Å². The minimum Gasteiger partial charge on any atom is -0.460 e. The summed E-state index contributed by atoms with van der Waals surface area (Å²) in [6.07, 6.45) is -7.92. The molecular formula is C22H31NO5. The number of hydrogen-bond acceptors (Lipinski definition) is 5. The first kappa shape index (κ1) is 11.6. The Kier molecular flexibility index (Phi) is 3.62. The molecule has 6 nitrogen and oxygen atoms in total. The number of carbonyl (C=O) groups is 3. The molecule has 1 heterocycles. The van der Waals surface area contributed by atoms with Crippen LogP contribution in [0.2, 0.25) is 0 Å². The van der Waals surface area contributed by atoms with Crippen LogP contribution in [-0.2, 0) is 19.1 Å². The van der Waals surface area contributed by atoms with E-state index < -0.39 is 74.0 Å². The second-order valence-corrected chi connectivity index (χ2v) is 7.37. The van der Waals surface area contributed by atoms with Crippen LogP contribution in [0, 0.1) is 11.8 Å². The Balaban J connectivity index is 2.72. The number of nitrogens with zero attached hydrogens (tertiary/aromatic N) is 1.